The van der Waals surface area contributed by atoms with E-state index in [-0.39, 0.29) is 387 Å². The number of hydrogen-bond acceptors (Lipinski definition) is 21. The van der Waals surface area contributed by atoms with Crippen LogP contribution in [0, 0.1) is 0 Å². The van der Waals surface area contributed by atoms with Gasteiger partial charge in [0.05, 0.1) is 73.6 Å². The molecule has 3 heterocycles. The number of oxazole rings is 1. The summed E-state index contributed by atoms with van der Waals surface area (Å²) >= 11 is 0. The Morgan fingerprint density at radius 2 is 1.15 bits per heavy atom. The zero-order valence-corrected chi connectivity index (χ0v) is 55.6. The summed E-state index contributed by atoms with van der Waals surface area (Å²) in [6.07, 6.45) is 1.11. The van der Waals surface area contributed by atoms with Gasteiger partial charge in [-0.1, -0.05) is 6.07 Å². The Bertz CT molecular complexity index is 2220. The number of carbonyl (C=O) groups excluding carboxylic acids is 7. The summed E-state index contributed by atoms with van der Waals surface area (Å²) in [5.41, 5.74) is 0.480. The van der Waals surface area contributed by atoms with Crippen molar-refractivity contribution in [3.05, 3.63) is 53.9 Å². The summed E-state index contributed by atoms with van der Waals surface area (Å²) < 4.78 is 22.7. The standard InChI is InChI=1S/C37H39N5O17.6K/c43-30(40-7-5-39(6-8-40)16-31(44)45)4-2-21-1-3-23(41(17-32(46)47)18-33(48)49)26(11-21)56-9-10-57-27-12-22-13-28(36-38-15-29(59-36)37(54)55)58-25(22)14-24(27)42(19-34(50)51)20-35(52)53;;;;;;/h1,3,11-15H,2,4-10,16-20H2,(H,44,45)(H,46,47)(H,48,49)(H,50,51)(H,52,53)(H,54,55);;;;;;/q;6*+1/p-6. The van der Waals surface area contributed by atoms with Crippen LogP contribution in [0.25, 0.3) is 22.6 Å². The van der Waals surface area contributed by atoms with Crippen molar-refractivity contribution in [3.63, 3.8) is 0 Å². The van der Waals surface area contributed by atoms with E-state index in [1.807, 2.05) is 0 Å². The van der Waals surface area contributed by atoms with Crippen LogP contribution >= 0.6 is 0 Å². The Morgan fingerprint density at radius 1 is 0.631 bits per heavy atom. The van der Waals surface area contributed by atoms with Crippen molar-refractivity contribution in [1.29, 1.82) is 0 Å². The first-order valence-electron chi connectivity index (χ1n) is 17.7. The number of aryl methyl sites for hydroxylation is 1. The molecule has 0 aliphatic carbocycles. The predicted molar refractivity (Wildman–Crippen MR) is 184 cm³/mol. The van der Waals surface area contributed by atoms with E-state index in [9.17, 15) is 64.2 Å². The summed E-state index contributed by atoms with van der Waals surface area (Å²) in [6.45, 7) is -3.20. The van der Waals surface area contributed by atoms with E-state index < -0.39 is 67.8 Å². The molecular formula is C37H33K6N5O17. The minimum atomic E-state index is -1.65. The van der Waals surface area contributed by atoms with E-state index in [2.05, 4.69) is 4.98 Å². The number of carboxylic acid groups (broad SMARTS) is 6. The number of aliphatic carboxylic acids is 5. The van der Waals surface area contributed by atoms with Crippen LogP contribution in [0.5, 0.6) is 11.5 Å². The van der Waals surface area contributed by atoms with Crippen LogP contribution < -0.4 is 358 Å². The van der Waals surface area contributed by atoms with E-state index in [1.54, 1.807) is 15.9 Å². The molecule has 1 saturated heterocycles. The molecule has 0 saturated carbocycles. The van der Waals surface area contributed by atoms with E-state index in [0.29, 0.717) is 37.1 Å². The normalized spacial score (nSPS) is 11.7. The average Bonchev–Trinajstić information content (AvgIpc) is 3.82. The van der Waals surface area contributed by atoms with Crippen molar-refractivity contribution in [3.8, 4) is 23.1 Å². The van der Waals surface area contributed by atoms with Gasteiger partial charge >= 0.3 is 308 Å². The SMILES string of the molecule is O=C([O-])CN1CCN(C(=O)CCc2ccc(N(CC(=O)[O-])CC(=O)[O-])c(OCCOc3cc4cc(-c5ncc(C(=O)[O-])o5)oc4cc3N(CC(=O)[O-])CC(=O)[O-])c2)CC1.[K+].[K+].[K+].[K+].[K+].[K+]. The van der Waals surface area contributed by atoms with E-state index in [0.717, 1.165) is 16.0 Å². The Balaban J connectivity index is 0. The summed E-state index contributed by atoms with van der Waals surface area (Å²) in [5.74, 6) is -10.6. The van der Waals surface area contributed by atoms with Gasteiger partial charge in [-0.15, -0.1) is 0 Å². The van der Waals surface area contributed by atoms with Crippen molar-refractivity contribution >= 4 is 64.1 Å². The first-order valence-corrected chi connectivity index (χ1v) is 17.7. The van der Waals surface area contributed by atoms with Gasteiger partial charge in [0.1, 0.15) is 36.3 Å². The Kier molecular flexibility index (Phi) is 37.2. The van der Waals surface area contributed by atoms with Gasteiger partial charge in [-0.25, -0.2) is 4.98 Å². The van der Waals surface area contributed by atoms with Crippen LogP contribution in [0.15, 0.2) is 51.4 Å². The Labute approximate surface area is 626 Å². The fourth-order valence-electron chi connectivity index (χ4n) is 6.22. The Morgan fingerprint density at radius 3 is 1.65 bits per heavy atom. The predicted octanol–water partition coefficient (Wildman–Crippen LogP) is -24.6. The number of rotatable bonds is 22. The molecule has 28 heteroatoms. The first kappa shape index (κ1) is 69.5. The number of hydrogen-bond donors (Lipinski definition) is 0. The summed E-state index contributed by atoms with van der Waals surface area (Å²) in [5, 5.41) is 68.7. The molecule has 0 bridgehead atoms. The van der Waals surface area contributed by atoms with Gasteiger partial charge in [0, 0.05) is 50.6 Å². The third kappa shape index (κ3) is 22.6. The summed E-state index contributed by atoms with van der Waals surface area (Å²) in [6, 6.07) is 8.40. The number of nitrogens with zero attached hydrogens (tertiary/aromatic N) is 5. The molecule has 0 N–H and O–H groups in total. The number of fused-ring (bicyclic) bond motifs is 1. The van der Waals surface area contributed by atoms with Crippen LogP contribution in [0.4, 0.5) is 11.4 Å². The maximum atomic E-state index is 13.0. The minimum Gasteiger partial charge on any atom is -0.549 e. The third-order valence-electron chi connectivity index (χ3n) is 8.80. The maximum absolute atomic E-state index is 13.0. The number of carbonyl (C=O) groups is 7. The van der Waals surface area contributed by atoms with Gasteiger partial charge in [-0.05, 0) is 36.2 Å². The molecule has 2 aromatic heterocycles. The molecule has 0 spiro atoms. The molecule has 314 valence electrons. The minimum absolute atomic E-state index is 0. The van der Waals surface area contributed by atoms with Gasteiger partial charge in [0.15, 0.2) is 11.5 Å². The van der Waals surface area contributed by atoms with Gasteiger partial charge in [-0.2, -0.15) is 0 Å². The van der Waals surface area contributed by atoms with E-state index >= 15 is 0 Å². The number of benzene rings is 2. The van der Waals surface area contributed by atoms with Crippen LogP contribution in [-0.4, -0.2) is 129 Å². The zero-order valence-electron chi connectivity index (χ0n) is 36.9. The second-order valence-corrected chi connectivity index (χ2v) is 13.0. The topological polar surface area (TPSA) is 328 Å². The number of carboxylic acids is 6. The van der Waals surface area contributed by atoms with Crippen LogP contribution in [0.1, 0.15) is 22.5 Å². The zero-order chi connectivity index (χ0) is 42.8. The van der Waals surface area contributed by atoms with Crippen molar-refractivity contribution < 1.29 is 391 Å². The largest absolute Gasteiger partial charge is 1.00 e. The number of aromatic carboxylic acids is 1. The van der Waals surface area contributed by atoms with E-state index in [1.165, 1.54) is 30.3 Å². The molecule has 4 aromatic rings. The second-order valence-electron chi connectivity index (χ2n) is 13.0. The van der Waals surface area contributed by atoms with Gasteiger partial charge in [0.25, 0.3) is 5.89 Å². The number of piperazine rings is 1. The van der Waals surface area contributed by atoms with Gasteiger partial charge < -0.3 is 92.4 Å². The van der Waals surface area contributed by atoms with Crippen LogP contribution in [0.3, 0.4) is 0 Å². The molecule has 1 aliphatic heterocycles. The van der Waals surface area contributed by atoms with Crippen LogP contribution in [-0.2, 0) is 35.2 Å². The second kappa shape index (κ2) is 34.8. The van der Waals surface area contributed by atoms with Crippen LogP contribution in [0.2, 0.25) is 0 Å². The molecule has 0 unspecified atom stereocenters. The van der Waals surface area contributed by atoms with Crippen molar-refractivity contribution in [2.75, 3.05) is 81.9 Å². The first-order chi connectivity index (χ1) is 28.1. The van der Waals surface area contributed by atoms with Crippen molar-refractivity contribution in [2.45, 2.75) is 12.8 Å². The number of furan rings is 1. The number of ether oxygens (including phenoxy) is 2. The molecule has 1 amide bonds. The van der Waals surface area contributed by atoms with Gasteiger partial charge in [0.2, 0.25) is 5.91 Å². The molecular weight excluding hydrogens is 1020 g/mol. The number of anilines is 2. The van der Waals surface area contributed by atoms with Crippen molar-refractivity contribution in [1.82, 2.24) is 14.8 Å². The monoisotopic (exact) mass is 1050 g/mol. The number of amides is 1. The third-order valence-corrected chi connectivity index (χ3v) is 8.80. The molecule has 0 radical (unpaired) electrons. The smallest absolute Gasteiger partial charge is 0.549 e. The summed E-state index contributed by atoms with van der Waals surface area (Å²) in [4.78, 5) is 90.2. The molecule has 5 rings (SSSR count). The quantitative estimate of drug-likeness (QED) is 0.0521. The Hall–Kier alpha value is 2.46. The molecule has 1 fully saturated rings. The molecule has 2 aromatic carbocycles. The maximum Gasteiger partial charge on any atom is 1.00 e. The van der Waals surface area contributed by atoms with Crippen molar-refractivity contribution in [2.24, 2.45) is 0 Å². The molecule has 1 aliphatic rings. The molecule has 22 nitrogen and oxygen atoms in total. The molecule has 0 atom stereocenters. The molecule has 65 heavy (non-hydrogen) atoms. The fraction of sp³-hybridized carbons (Fsp3) is 0.351. The summed E-state index contributed by atoms with van der Waals surface area (Å²) in [7, 11) is 0. The number of aromatic nitrogens is 1. The van der Waals surface area contributed by atoms with Gasteiger partial charge in [-0.3, -0.25) is 9.69 Å². The average molecular weight is 1050 g/mol. The fourth-order valence-corrected chi connectivity index (χ4v) is 6.22. The van der Waals surface area contributed by atoms with E-state index in [4.69, 9.17) is 18.3 Å².